The van der Waals surface area contributed by atoms with Gasteiger partial charge in [0.05, 0.1) is 5.75 Å². The summed E-state index contributed by atoms with van der Waals surface area (Å²) in [6, 6.07) is 12.2. The number of rotatable bonds is 6. The lowest BCUT2D eigenvalue weighted by Crippen LogP contribution is -2.15. The minimum Gasteiger partial charge on any atom is -0.508 e. The first-order chi connectivity index (χ1) is 13.0. The van der Waals surface area contributed by atoms with Crippen molar-refractivity contribution < 1.29 is 9.90 Å². The predicted octanol–water partition coefficient (Wildman–Crippen LogP) is 3.29. The Balaban J connectivity index is 1.70. The van der Waals surface area contributed by atoms with Crippen LogP contribution in [0.5, 0.6) is 5.75 Å². The lowest BCUT2D eigenvalue weighted by Gasteiger charge is -2.10. The molecule has 0 saturated heterocycles. The Kier molecular flexibility index (Phi) is 5.66. The van der Waals surface area contributed by atoms with E-state index < -0.39 is 0 Å². The fraction of sp³-hybridized carbons (Fsp3) is 0.211. The van der Waals surface area contributed by atoms with Crippen LogP contribution in [0.1, 0.15) is 12.5 Å². The lowest BCUT2D eigenvalue weighted by atomic mass is 10.2. The Hall–Kier alpha value is -3.00. The zero-order valence-corrected chi connectivity index (χ0v) is 16.0. The zero-order valence-electron chi connectivity index (χ0n) is 15.1. The van der Waals surface area contributed by atoms with E-state index in [1.54, 1.807) is 36.4 Å². The number of amides is 1. The van der Waals surface area contributed by atoms with E-state index in [-0.39, 0.29) is 17.4 Å². The number of anilines is 2. The van der Waals surface area contributed by atoms with Gasteiger partial charge in [0.25, 0.3) is 0 Å². The second kappa shape index (κ2) is 8.13. The molecule has 0 unspecified atom stereocenters. The van der Waals surface area contributed by atoms with Crippen LogP contribution in [-0.2, 0) is 11.3 Å². The molecule has 0 aliphatic carbocycles. The van der Waals surface area contributed by atoms with Crippen molar-refractivity contribution in [1.29, 1.82) is 0 Å². The van der Waals surface area contributed by atoms with Gasteiger partial charge in [0.2, 0.25) is 5.91 Å². The maximum Gasteiger partial charge on any atom is 0.234 e. The maximum atomic E-state index is 12.3. The fourth-order valence-corrected chi connectivity index (χ4v) is 3.40. The van der Waals surface area contributed by atoms with E-state index in [0.717, 1.165) is 11.1 Å². The topological polar surface area (TPSA) is 106 Å². The van der Waals surface area contributed by atoms with Crippen molar-refractivity contribution in [2.24, 2.45) is 0 Å². The minimum atomic E-state index is -0.134. The van der Waals surface area contributed by atoms with Gasteiger partial charge in [-0.3, -0.25) is 4.79 Å². The van der Waals surface area contributed by atoms with Crippen molar-refractivity contribution in [3.8, 4) is 17.1 Å². The number of nitrogens with one attached hydrogen (secondary N) is 1. The van der Waals surface area contributed by atoms with Gasteiger partial charge in [0.15, 0.2) is 11.0 Å². The van der Waals surface area contributed by atoms with Crippen LogP contribution in [0.2, 0.25) is 0 Å². The summed E-state index contributed by atoms with van der Waals surface area (Å²) in [5, 5.41) is 21.4. The number of hydrogen-bond donors (Lipinski definition) is 3. The van der Waals surface area contributed by atoms with E-state index in [9.17, 15) is 9.90 Å². The van der Waals surface area contributed by atoms with Gasteiger partial charge in [-0.05, 0) is 55.8 Å². The van der Waals surface area contributed by atoms with Gasteiger partial charge >= 0.3 is 0 Å². The Bertz CT molecular complexity index is 953. The van der Waals surface area contributed by atoms with E-state index >= 15 is 0 Å². The molecule has 3 aromatic rings. The molecule has 0 aliphatic heterocycles. The van der Waals surface area contributed by atoms with Crippen LogP contribution in [-0.4, -0.2) is 31.5 Å². The standard InChI is InChI=1S/C19H21N5O2S/c1-3-24-18(13-5-8-15(25)9-6-13)22-23-19(24)27-11-17(26)21-16-10-14(20)7-4-12(16)2/h4-10,25H,3,11,20H2,1-2H3,(H,21,26). The van der Waals surface area contributed by atoms with Crippen molar-refractivity contribution in [3.05, 3.63) is 48.0 Å². The second-order valence-corrected chi connectivity index (χ2v) is 6.95. The van der Waals surface area contributed by atoms with Gasteiger partial charge < -0.3 is 20.7 Å². The number of nitrogens with zero attached hydrogens (tertiary/aromatic N) is 3. The Labute approximate surface area is 161 Å². The Morgan fingerprint density at radius 3 is 2.67 bits per heavy atom. The molecule has 0 fully saturated rings. The van der Waals surface area contributed by atoms with Gasteiger partial charge in [0.1, 0.15) is 5.75 Å². The summed E-state index contributed by atoms with van der Waals surface area (Å²) < 4.78 is 1.94. The highest BCUT2D eigenvalue weighted by atomic mass is 32.2. The number of nitrogen functional groups attached to an aromatic ring is 1. The van der Waals surface area contributed by atoms with Crippen molar-refractivity contribution >= 4 is 29.0 Å². The molecule has 8 heteroatoms. The van der Waals surface area contributed by atoms with Crippen LogP contribution in [0, 0.1) is 6.92 Å². The SMILES string of the molecule is CCn1c(SCC(=O)Nc2cc(N)ccc2C)nnc1-c1ccc(O)cc1. The molecule has 7 nitrogen and oxygen atoms in total. The fourth-order valence-electron chi connectivity index (χ4n) is 2.60. The highest BCUT2D eigenvalue weighted by molar-refractivity contribution is 7.99. The highest BCUT2D eigenvalue weighted by Gasteiger charge is 2.15. The van der Waals surface area contributed by atoms with E-state index in [1.165, 1.54) is 11.8 Å². The first-order valence-corrected chi connectivity index (χ1v) is 9.48. The quantitative estimate of drug-likeness (QED) is 0.445. The smallest absolute Gasteiger partial charge is 0.234 e. The molecule has 2 aromatic carbocycles. The predicted molar refractivity (Wildman–Crippen MR) is 108 cm³/mol. The Morgan fingerprint density at radius 2 is 1.96 bits per heavy atom. The van der Waals surface area contributed by atoms with E-state index in [4.69, 9.17) is 5.73 Å². The molecule has 4 N–H and O–H groups in total. The van der Waals surface area contributed by atoms with E-state index in [1.807, 2.05) is 24.5 Å². The van der Waals surface area contributed by atoms with Gasteiger partial charge in [-0.25, -0.2) is 0 Å². The summed E-state index contributed by atoms with van der Waals surface area (Å²) in [4.78, 5) is 12.3. The number of carbonyl (C=O) groups is 1. The van der Waals surface area contributed by atoms with E-state index in [0.29, 0.717) is 28.9 Å². The van der Waals surface area contributed by atoms with Crippen LogP contribution in [0.25, 0.3) is 11.4 Å². The molecule has 3 rings (SSSR count). The Morgan fingerprint density at radius 1 is 1.22 bits per heavy atom. The third-order valence-corrected chi connectivity index (χ3v) is 4.99. The van der Waals surface area contributed by atoms with Crippen LogP contribution >= 0.6 is 11.8 Å². The average molecular weight is 383 g/mol. The van der Waals surface area contributed by atoms with Gasteiger partial charge in [-0.2, -0.15) is 0 Å². The number of aryl methyl sites for hydroxylation is 1. The van der Waals surface area contributed by atoms with Gasteiger partial charge in [-0.1, -0.05) is 17.8 Å². The molecule has 0 saturated carbocycles. The largest absolute Gasteiger partial charge is 0.508 e. The number of nitrogens with two attached hydrogens (primary N) is 1. The number of hydrogen-bond acceptors (Lipinski definition) is 6. The monoisotopic (exact) mass is 383 g/mol. The molecule has 0 spiro atoms. The first kappa shape index (κ1) is 18.8. The highest BCUT2D eigenvalue weighted by Crippen LogP contribution is 2.25. The summed E-state index contributed by atoms with van der Waals surface area (Å²) in [6.07, 6.45) is 0. The minimum absolute atomic E-state index is 0.134. The van der Waals surface area contributed by atoms with Gasteiger partial charge in [0, 0.05) is 23.5 Å². The number of benzene rings is 2. The molecule has 1 aromatic heterocycles. The molecule has 1 heterocycles. The molecule has 27 heavy (non-hydrogen) atoms. The number of phenols is 1. The number of phenolic OH excluding ortho intramolecular Hbond substituents is 1. The number of carbonyl (C=O) groups excluding carboxylic acids is 1. The molecule has 140 valence electrons. The first-order valence-electron chi connectivity index (χ1n) is 8.49. The van der Waals surface area contributed by atoms with Crippen molar-refractivity contribution in [1.82, 2.24) is 14.8 Å². The summed E-state index contributed by atoms with van der Waals surface area (Å²) >= 11 is 1.32. The van der Waals surface area contributed by atoms with Crippen LogP contribution in [0.15, 0.2) is 47.6 Å². The average Bonchev–Trinajstić information content (AvgIpc) is 3.06. The molecule has 1 amide bonds. The normalized spacial score (nSPS) is 10.7. The number of aromatic nitrogens is 3. The summed E-state index contributed by atoms with van der Waals surface area (Å²) in [7, 11) is 0. The number of thioether (sulfide) groups is 1. The van der Waals surface area contributed by atoms with Gasteiger partial charge in [-0.15, -0.1) is 10.2 Å². The molecular weight excluding hydrogens is 362 g/mol. The van der Waals surface area contributed by atoms with E-state index in [2.05, 4.69) is 15.5 Å². The summed E-state index contributed by atoms with van der Waals surface area (Å²) in [5.41, 5.74) is 8.90. The molecular formula is C19H21N5O2S. The second-order valence-electron chi connectivity index (χ2n) is 6.01. The molecule has 0 atom stereocenters. The maximum absolute atomic E-state index is 12.3. The molecule has 0 bridgehead atoms. The summed E-state index contributed by atoms with van der Waals surface area (Å²) in [5.74, 6) is 0.976. The zero-order chi connectivity index (χ0) is 19.4. The lowest BCUT2D eigenvalue weighted by molar-refractivity contribution is -0.113. The third kappa shape index (κ3) is 4.40. The molecule has 0 aliphatic rings. The van der Waals surface area contributed by atoms with Crippen molar-refractivity contribution in [3.63, 3.8) is 0 Å². The van der Waals surface area contributed by atoms with Crippen molar-refractivity contribution in [2.45, 2.75) is 25.5 Å². The van der Waals surface area contributed by atoms with Crippen molar-refractivity contribution in [2.75, 3.05) is 16.8 Å². The summed E-state index contributed by atoms with van der Waals surface area (Å²) in [6.45, 7) is 4.58. The van der Waals surface area contributed by atoms with Crippen LogP contribution in [0.3, 0.4) is 0 Å². The third-order valence-electron chi connectivity index (χ3n) is 4.03. The van der Waals surface area contributed by atoms with Crippen LogP contribution < -0.4 is 11.1 Å². The van der Waals surface area contributed by atoms with Crippen LogP contribution in [0.4, 0.5) is 11.4 Å². The molecule has 0 radical (unpaired) electrons. The number of aromatic hydroxyl groups is 1.